The van der Waals surface area contributed by atoms with Crippen LogP contribution in [0.2, 0.25) is 0 Å². The number of hydrogen-bond donors (Lipinski definition) is 1. The molecule has 3 aromatic rings. The van der Waals surface area contributed by atoms with Crippen molar-refractivity contribution in [2.75, 3.05) is 0 Å². The number of hydrogen-bond acceptors (Lipinski definition) is 2. The maximum Gasteiger partial charge on any atom is 0.0532 e. The molecule has 2 nitrogen and oxygen atoms in total. The molecule has 1 aliphatic carbocycles. The van der Waals surface area contributed by atoms with Gasteiger partial charge in [-0.2, -0.15) is 0 Å². The minimum Gasteiger partial charge on any atom is -0.343 e. The van der Waals surface area contributed by atoms with E-state index in [1.54, 1.807) is 0 Å². The van der Waals surface area contributed by atoms with Gasteiger partial charge in [-0.1, -0.05) is 31.5 Å². The lowest BCUT2D eigenvalue weighted by molar-refractivity contribution is 0.648. The minimum absolute atomic E-state index is 0.193. The Labute approximate surface area is 135 Å². The van der Waals surface area contributed by atoms with Crippen molar-refractivity contribution in [1.29, 1.82) is 0 Å². The van der Waals surface area contributed by atoms with E-state index in [0.717, 1.165) is 25.7 Å². The molecular formula is C19H22N2S. The Balaban J connectivity index is 1.90. The van der Waals surface area contributed by atoms with E-state index in [1.165, 1.54) is 37.5 Å². The van der Waals surface area contributed by atoms with Crippen molar-refractivity contribution in [3.63, 3.8) is 0 Å². The van der Waals surface area contributed by atoms with E-state index in [4.69, 9.17) is 5.73 Å². The van der Waals surface area contributed by atoms with E-state index in [9.17, 15) is 0 Å². The zero-order valence-electron chi connectivity index (χ0n) is 13.2. The molecule has 0 saturated heterocycles. The van der Waals surface area contributed by atoms with E-state index in [0.29, 0.717) is 0 Å². The van der Waals surface area contributed by atoms with Crippen molar-refractivity contribution in [3.8, 4) is 11.3 Å². The Hall–Kier alpha value is -1.58. The molecule has 0 bridgehead atoms. The summed E-state index contributed by atoms with van der Waals surface area (Å²) in [5.41, 5.74) is 12.0. The largest absolute Gasteiger partial charge is 0.343 e. The van der Waals surface area contributed by atoms with Crippen molar-refractivity contribution in [2.24, 2.45) is 12.8 Å². The van der Waals surface area contributed by atoms with E-state index in [2.05, 4.69) is 48.9 Å². The fourth-order valence-electron chi connectivity index (χ4n) is 3.78. The molecule has 1 atom stereocenters. The summed E-state index contributed by atoms with van der Waals surface area (Å²) in [4.78, 5) is 2.87. The summed E-state index contributed by atoms with van der Waals surface area (Å²) in [6.07, 6.45) is 4.51. The fourth-order valence-corrected chi connectivity index (χ4v) is 4.98. The maximum absolute atomic E-state index is 6.35. The number of aryl methyl sites for hydroxylation is 3. The minimum atomic E-state index is 0.193. The third-order valence-electron chi connectivity index (χ3n) is 4.86. The molecule has 1 aliphatic rings. The van der Waals surface area contributed by atoms with Gasteiger partial charge in [0.25, 0.3) is 0 Å². The van der Waals surface area contributed by atoms with Gasteiger partial charge >= 0.3 is 0 Å². The number of nitrogens with two attached hydrogens (primary N) is 1. The quantitative estimate of drug-likeness (QED) is 0.740. The highest BCUT2D eigenvalue weighted by Gasteiger charge is 2.25. The predicted octanol–water partition coefficient (Wildman–Crippen LogP) is 4.81. The fraction of sp³-hybridized carbons (Fsp3) is 0.368. The second-order valence-corrected chi connectivity index (χ2v) is 7.45. The summed E-state index contributed by atoms with van der Waals surface area (Å²) in [5, 5.41) is 1.41. The Morgan fingerprint density at radius 2 is 2.09 bits per heavy atom. The molecule has 3 heteroatoms. The molecule has 2 heterocycles. The first kappa shape index (κ1) is 14.0. The summed E-state index contributed by atoms with van der Waals surface area (Å²) < 4.78 is 2.37. The molecule has 0 radical (unpaired) electrons. The van der Waals surface area contributed by atoms with E-state index in [1.807, 2.05) is 11.3 Å². The van der Waals surface area contributed by atoms with Gasteiger partial charge in [0.15, 0.2) is 0 Å². The van der Waals surface area contributed by atoms with Crippen LogP contribution in [0.5, 0.6) is 0 Å². The van der Waals surface area contributed by atoms with Crippen molar-refractivity contribution in [2.45, 2.75) is 38.6 Å². The predicted molar refractivity (Wildman–Crippen MR) is 95.5 cm³/mol. The monoisotopic (exact) mass is 310 g/mol. The van der Waals surface area contributed by atoms with Gasteiger partial charge in [0.2, 0.25) is 0 Å². The number of aromatic nitrogens is 1. The van der Waals surface area contributed by atoms with Gasteiger partial charge < -0.3 is 10.3 Å². The number of nitrogens with zero attached hydrogens (tertiary/aromatic N) is 1. The molecule has 1 unspecified atom stereocenters. The van der Waals surface area contributed by atoms with Gasteiger partial charge in [0, 0.05) is 39.3 Å². The van der Waals surface area contributed by atoms with Gasteiger partial charge in [-0.3, -0.25) is 0 Å². The molecule has 22 heavy (non-hydrogen) atoms. The second-order valence-electron chi connectivity index (χ2n) is 6.28. The van der Waals surface area contributed by atoms with Crippen molar-refractivity contribution < 1.29 is 0 Å². The van der Waals surface area contributed by atoms with E-state index in [-0.39, 0.29) is 6.04 Å². The zero-order chi connectivity index (χ0) is 15.3. The molecule has 0 fully saturated rings. The first-order chi connectivity index (χ1) is 10.7. The Kier molecular flexibility index (Phi) is 3.35. The molecular weight excluding hydrogens is 288 g/mol. The molecule has 0 saturated carbocycles. The number of benzene rings is 1. The van der Waals surface area contributed by atoms with Crippen LogP contribution in [0.3, 0.4) is 0 Å². The Bertz CT molecular complexity index is 841. The first-order valence-corrected chi connectivity index (χ1v) is 8.97. The molecule has 2 aromatic heterocycles. The van der Waals surface area contributed by atoms with Gasteiger partial charge in [-0.05, 0) is 37.0 Å². The van der Waals surface area contributed by atoms with Crippen LogP contribution in [-0.4, -0.2) is 4.57 Å². The van der Waals surface area contributed by atoms with E-state index < -0.39 is 0 Å². The summed E-state index contributed by atoms with van der Waals surface area (Å²) in [6, 6.07) is 11.3. The average molecular weight is 310 g/mol. The SMILES string of the molecule is CCCC(N)c1cc2c(s1)CCc1c-2n(C)c2ccccc12. The normalized spacial score (nSPS) is 14.9. The zero-order valence-corrected chi connectivity index (χ0v) is 14.0. The van der Waals surface area contributed by atoms with E-state index >= 15 is 0 Å². The molecule has 1 aromatic carbocycles. The lowest BCUT2D eigenvalue weighted by Crippen LogP contribution is -2.07. The van der Waals surface area contributed by atoms with Crippen molar-refractivity contribution in [1.82, 2.24) is 4.57 Å². The average Bonchev–Trinajstić information content (AvgIpc) is 3.08. The lowest BCUT2D eigenvalue weighted by atomic mass is 9.94. The summed E-state index contributed by atoms with van der Waals surface area (Å²) >= 11 is 1.93. The summed E-state index contributed by atoms with van der Waals surface area (Å²) in [6.45, 7) is 2.20. The van der Waals surface area contributed by atoms with Crippen LogP contribution in [0.25, 0.3) is 22.2 Å². The molecule has 0 amide bonds. The second kappa shape index (κ2) is 5.25. The van der Waals surface area contributed by atoms with Crippen LogP contribution in [0.1, 0.15) is 41.1 Å². The van der Waals surface area contributed by atoms with Crippen LogP contribution < -0.4 is 5.73 Å². The van der Waals surface area contributed by atoms with Gasteiger partial charge in [-0.15, -0.1) is 11.3 Å². The third kappa shape index (κ3) is 1.96. The van der Waals surface area contributed by atoms with Crippen LogP contribution >= 0.6 is 11.3 Å². The molecule has 4 rings (SSSR count). The number of fused-ring (bicyclic) bond motifs is 5. The van der Waals surface area contributed by atoms with Crippen LogP contribution in [-0.2, 0) is 19.9 Å². The van der Waals surface area contributed by atoms with Crippen LogP contribution in [0, 0.1) is 0 Å². The van der Waals surface area contributed by atoms with Crippen molar-refractivity contribution in [3.05, 3.63) is 45.6 Å². The molecule has 114 valence electrons. The lowest BCUT2D eigenvalue weighted by Gasteiger charge is -2.14. The number of rotatable bonds is 3. The highest BCUT2D eigenvalue weighted by atomic mass is 32.1. The highest BCUT2D eigenvalue weighted by molar-refractivity contribution is 7.12. The summed E-state index contributed by atoms with van der Waals surface area (Å²) in [7, 11) is 2.19. The number of para-hydroxylation sites is 1. The Morgan fingerprint density at radius 1 is 1.27 bits per heavy atom. The molecule has 0 spiro atoms. The van der Waals surface area contributed by atoms with Crippen LogP contribution in [0.15, 0.2) is 30.3 Å². The topological polar surface area (TPSA) is 30.9 Å². The van der Waals surface area contributed by atoms with Crippen LogP contribution in [0.4, 0.5) is 0 Å². The summed E-state index contributed by atoms with van der Waals surface area (Å²) in [5.74, 6) is 0. The smallest absolute Gasteiger partial charge is 0.0532 e. The third-order valence-corrected chi connectivity index (χ3v) is 6.19. The van der Waals surface area contributed by atoms with Gasteiger partial charge in [0.05, 0.1) is 5.69 Å². The Morgan fingerprint density at radius 3 is 2.91 bits per heavy atom. The van der Waals surface area contributed by atoms with Gasteiger partial charge in [-0.25, -0.2) is 0 Å². The molecule has 0 aliphatic heterocycles. The highest BCUT2D eigenvalue weighted by Crippen LogP contribution is 2.44. The first-order valence-electron chi connectivity index (χ1n) is 8.15. The molecule has 2 N–H and O–H groups in total. The van der Waals surface area contributed by atoms with Gasteiger partial charge in [0.1, 0.15) is 0 Å². The van der Waals surface area contributed by atoms with Crippen molar-refractivity contribution >= 4 is 22.2 Å². The maximum atomic E-state index is 6.35. The number of thiophene rings is 1. The standard InChI is InChI=1S/C19H22N2S/c1-3-6-15(20)18-11-14-17(22-18)10-9-13-12-7-4-5-8-16(12)21(2)19(13)14/h4-5,7-8,11,15H,3,6,9-10,20H2,1-2H3.